The standard InChI is InChI=1S/C22H31N5OS/c1-21(2)13-15(14-22(3,4)26-21)11-19(23)29-20(24)17-8-7-16(12-18(17)28-5)27-10-6-9-25-27/h6-10,12,15,23-24,26H,11,13-14H2,1-5H3/p+1. The fourth-order valence-electron chi connectivity index (χ4n) is 4.62. The molecule has 6 nitrogen and oxygen atoms in total. The highest BCUT2D eigenvalue weighted by atomic mass is 32.2. The van der Waals surface area contributed by atoms with Crippen LogP contribution in [0.5, 0.6) is 5.75 Å². The zero-order valence-electron chi connectivity index (χ0n) is 18.0. The summed E-state index contributed by atoms with van der Waals surface area (Å²) >= 11 is 1.33. The molecule has 0 amide bonds. The minimum atomic E-state index is 0.0937. The lowest BCUT2D eigenvalue weighted by Crippen LogP contribution is -2.58. The lowest BCUT2D eigenvalue weighted by molar-refractivity contribution is -0.112. The molecule has 0 saturated carbocycles. The van der Waals surface area contributed by atoms with Crippen molar-refractivity contribution in [1.29, 1.82) is 5.41 Å². The second kappa shape index (κ2) is 8.32. The van der Waals surface area contributed by atoms with Crippen molar-refractivity contribution in [3.05, 3.63) is 42.2 Å². The van der Waals surface area contributed by atoms with E-state index < -0.39 is 0 Å². The molecule has 7 heteroatoms. The Morgan fingerprint density at radius 2 is 2.00 bits per heavy atom. The first-order valence-corrected chi connectivity index (χ1v) is 10.8. The van der Waals surface area contributed by atoms with Crippen LogP contribution in [0.25, 0.3) is 5.69 Å². The van der Waals surface area contributed by atoms with Crippen LogP contribution in [-0.2, 0) is 0 Å². The van der Waals surface area contributed by atoms with Crippen molar-refractivity contribution in [2.45, 2.75) is 58.0 Å². The molecule has 0 unspecified atom stereocenters. The zero-order valence-corrected chi connectivity index (χ0v) is 18.8. The number of methoxy groups -OCH3 is 1. The minimum absolute atomic E-state index is 0.0937. The molecule has 0 atom stereocenters. The number of rotatable bonds is 5. The van der Waals surface area contributed by atoms with E-state index >= 15 is 0 Å². The number of ether oxygens (including phenoxy) is 1. The van der Waals surface area contributed by atoms with Crippen LogP contribution in [0.4, 0.5) is 0 Å². The van der Waals surface area contributed by atoms with Gasteiger partial charge in [0.05, 0.1) is 12.8 Å². The Kier molecular flexibility index (Phi) is 6.19. The van der Waals surface area contributed by atoms with Crippen molar-refractivity contribution in [3.8, 4) is 11.4 Å². The number of thioether (sulfide) groups is 1. The Labute approximate surface area is 177 Å². The lowest BCUT2D eigenvalue weighted by Gasteiger charge is -2.46. The van der Waals surface area contributed by atoms with Crippen LogP contribution in [0.2, 0.25) is 0 Å². The fourth-order valence-corrected chi connectivity index (χ4v) is 5.48. The van der Waals surface area contributed by atoms with Crippen LogP contribution in [0.3, 0.4) is 0 Å². The summed E-state index contributed by atoms with van der Waals surface area (Å²) in [4.78, 5) is 0. The van der Waals surface area contributed by atoms with Gasteiger partial charge in [-0.2, -0.15) is 5.10 Å². The summed E-state index contributed by atoms with van der Waals surface area (Å²) in [5, 5.41) is 24.1. The third kappa shape index (κ3) is 5.48. The molecular weight excluding hydrogens is 382 g/mol. The molecule has 29 heavy (non-hydrogen) atoms. The van der Waals surface area contributed by atoms with Gasteiger partial charge in [0.1, 0.15) is 10.8 Å². The predicted octanol–water partition coefficient (Wildman–Crippen LogP) is 3.04. The van der Waals surface area contributed by atoms with E-state index in [4.69, 9.17) is 15.6 Å². The van der Waals surface area contributed by atoms with E-state index in [0.717, 1.165) is 35.6 Å². The first-order chi connectivity index (χ1) is 13.6. The summed E-state index contributed by atoms with van der Waals surface area (Å²) in [7, 11) is 1.62. The van der Waals surface area contributed by atoms with Gasteiger partial charge in [0.2, 0.25) is 5.04 Å². The molecule has 2 heterocycles. The van der Waals surface area contributed by atoms with E-state index in [9.17, 15) is 0 Å². The Bertz CT molecular complexity index is 873. The van der Waals surface area contributed by atoms with Crippen LogP contribution in [-0.4, -0.2) is 38.1 Å². The van der Waals surface area contributed by atoms with Gasteiger partial charge >= 0.3 is 0 Å². The molecule has 1 aromatic heterocycles. The SMILES string of the molecule is COc1cc(-n2cccn2)ccc1C(=N)SC(=[NH2+])CC1CC(C)(C)NC(C)(C)C1. The van der Waals surface area contributed by atoms with Crippen molar-refractivity contribution in [1.82, 2.24) is 15.1 Å². The molecule has 4 N–H and O–H groups in total. The maximum Gasteiger partial charge on any atom is 0.213 e. The van der Waals surface area contributed by atoms with Gasteiger partial charge in [0.25, 0.3) is 0 Å². The fraction of sp³-hybridized carbons (Fsp3) is 0.500. The van der Waals surface area contributed by atoms with Crippen LogP contribution < -0.4 is 15.5 Å². The van der Waals surface area contributed by atoms with E-state index in [1.54, 1.807) is 18.0 Å². The summed E-state index contributed by atoms with van der Waals surface area (Å²) in [6, 6.07) is 7.60. The van der Waals surface area contributed by atoms with Gasteiger partial charge < -0.3 is 10.1 Å². The van der Waals surface area contributed by atoms with Gasteiger partial charge in [-0.15, -0.1) is 0 Å². The van der Waals surface area contributed by atoms with E-state index in [0.29, 0.717) is 16.7 Å². The van der Waals surface area contributed by atoms with E-state index in [1.807, 2.05) is 30.5 Å². The second-order valence-electron chi connectivity index (χ2n) is 9.10. The summed E-state index contributed by atoms with van der Waals surface area (Å²) in [6.45, 7) is 8.99. The third-order valence-corrected chi connectivity index (χ3v) is 6.05. The lowest BCUT2D eigenvalue weighted by atomic mass is 9.75. The summed E-state index contributed by atoms with van der Waals surface area (Å²) < 4.78 is 7.31. The number of benzene rings is 1. The summed E-state index contributed by atoms with van der Waals surface area (Å²) in [5.41, 5.74) is 1.82. The number of aromatic nitrogens is 2. The highest BCUT2D eigenvalue weighted by molar-refractivity contribution is 8.26. The highest BCUT2D eigenvalue weighted by Gasteiger charge is 2.38. The highest BCUT2D eigenvalue weighted by Crippen LogP contribution is 2.36. The van der Waals surface area contributed by atoms with Crippen molar-refractivity contribution in [3.63, 3.8) is 0 Å². The van der Waals surface area contributed by atoms with Gasteiger partial charge in [-0.1, -0.05) is 0 Å². The number of nitrogens with one attached hydrogen (secondary N) is 2. The monoisotopic (exact) mass is 414 g/mol. The number of hydrogen-bond acceptors (Lipinski definition) is 5. The molecule has 0 radical (unpaired) electrons. The Morgan fingerprint density at radius 1 is 1.31 bits per heavy atom. The number of hydrogen-bond donors (Lipinski definition) is 3. The first-order valence-electron chi connectivity index (χ1n) is 9.94. The van der Waals surface area contributed by atoms with Crippen molar-refractivity contribution >= 4 is 21.8 Å². The third-order valence-electron chi connectivity index (χ3n) is 5.20. The Hall–Kier alpha value is -2.12. The maximum absolute atomic E-state index is 8.57. The van der Waals surface area contributed by atoms with E-state index in [1.165, 1.54) is 11.8 Å². The first kappa shape index (κ1) is 21.6. The quantitative estimate of drug-likeness (QED) is 0.518. The Balaban J connectivity index is 1.67. The van der Waals surface area contributed by atoms with Gasteiger partial charge in [0, 0.05) is 41.5 Å². The van der Waals surface area contributed by atoms with Gasteiger partial charge in [0.15, 0.2) is 0 Å². The summed E-state index contributed by atoms with van der Waals surface area (Å²) in [6.07, 6.45) is 6.58. The van der Waals surface area contributed by atoms with Gasteiger partial charge in [-0.25, -0.2) is 4.68 Å². The predicted molar refractivity (Wildman–Crippen MR) is 120 cm³/mol. The van der Waals surface area contributed by atoms with Gasteiger partial charge in [-0.05, 0) is 76.4 Å². The topological polar surface area (TPSA) is 88.5 Å². The molecule has 2 aromatic rings. The maximum atomic E-state index is 8.57. The molecule has 1 fully saturated rings. The van der Waals surface area contributed by atoms with Crippen LogP contribution in [0, 0.1) is 11.3 Å². The molecule has 156 valence electrons. The molecule has 0 spiro atoms. The van der Waals surface area contributed by atoms with Crippen LogP contribution in [0.1, 0.15) is 52.5 Å². The molecule has 1 aliphatic rings. The minimum Gasteiger partial charge on any atom is -0.496 e. The summed E-state index contributed by atoms with van der Waals surface area (Å²) in [5.74, 6) is 1.15. The molecule has 3 rings (SSSR count). The second-order valence-corrected chi connectivity index (χ2v) is 10.2. The average Bonchev–Trinajstić information content (AvgIpc) is 3.12. The number of piperidine rings is 1. The van der Waals surface area contributed by atoms with Crippen LogP contribution >= 0.6 is 11.8 Å². The van der Waals surface area contributed by atoms with Crippen molar-refractivity contribution < 1.29 is 10.1 Å². The number of nitrogens with two attached hydrogens (primary N) is 1. The Morgan fingerprint density at radius 3 is 2.59 bits per heavy atom. The normalized spacial score (nSPS) is 18.4. The van der Waals surface area contributed by atoms with Gasteiger partial charge in [-0.3, -0.25) is 10.8 Å². The smallest absolute Gasteiger partial charge is 0.213 e. The molecule has 1 aromatic carbocycles. The van der Waals surface area contributed by atoms with Crippen molar-refractivity contribution in [2.75, 3.05) is 7.11 Å². The molecule has 0 bridgehead atoms. The van der Waals surface area contributed by atoms with Crippen molar-refractivity contribution in [2.24, 2.45) is 5.92 Å². The largest absolute Gasteiger partial charge is 0.496 e. The number of nitrogens with zero attached hydrogens (tertiary/aromatic N) is 2. The molecule has 1 aliphatic heterocycles. The zero-order chi connectivity index (χ0) is 21.2. The van der Waals surface area contributed by atoms with E-state index in [2.05, 4.69) is 38.1 Å². The van der Waals surface area contributed by atoms with Crippen LogP contribution in [0.15, 0.2) is 36.7 Å². The van der Waals surface area contributed by atoms with E-state index in [-0.39, 0.29) is 11.1 Å². The molecule has 0 aliphatic carbocycles. The molecule has 1 saturated heterocycles. The average molecular weight is 415 g/mol. The molecular formula is C22H32N5OS+.